The third-order valence-corrected chi connectivity index (χ3v) is 7.37. The number of likely N-dealkylation sites (tertiary alicyclic amines) is 1. The highest BCUT2D eigenvalue weighted by Crippen LogP contribution is 2.52. The normalized spacial score (nSPS) is 26.9. The molecule has 2 aromatic carbocycles. The van der Waals surface area contributed by atoms with Crippen molar-refractivity contribution in [2.75, 3.05) is 0 Å². The molecule has 1 aromatic heterocycles. The second-order valence-electron chi connectivity index (χ2n) is 10.5. The molecule has 2 aliphatic heterocycles. The van der Waals surface area contributed by atoms with Crippen molar-refractivity contribution in [3.05, 3.63) is 71.4 Å². The van der Waals surface area contributed by atoms with Gasteiger partial charge in [0.25, 0.3) is 0 Å². The summed E-state index contributed by atoms with van der Waals surface area (Å²) in [5, 5.41) is 14.9. The van der Waals surface area contributed by atoms with E-state index in [1.54, 1.807) is 6.20 Å². The van der Waals surface area contributed by atoms with Crippen LogP contribution >= 0.6 is 0 Å². The van der Waals surface area contributed by atoms with Gasteiger partial charge < -0.3 is 10.1 Å². The summed E-state index contributed by atoms with van der Waals surface area (Å²) < 4.78 is 0. The average molecular weight is 460 g/mol. The molecular formula is C27H29N3O4. The number of rotatable bonds is 4. The third-order valence-electron chi connectivity index (χ3n) is 7.37. The molecular weight excluding hydrogens is 430 g/mol. The fourth-order valence-electron chi connectivity index (χ4n) is 5.88. The number of fused-ring (bicyclic) bond motifs is 2. The van der Waals surface area contributed by atoms with E-state index in [0.29, 0.717) is 0 Å². The van der Waals surface area contributed by atoms with Crippen molar-refractivity contribution in [3.63, 3.8) is 0 Å². The second kappa shape index (κ2) is 7.53. The van der Waals surface area contributed by atoms with Crippen molar-refractivity contribution in [2.45, 2.75) is 51.2 Å². The Morgan fingerprint density at radius 1 is 1.06 bits per heavy atom. The van der Waals surface area contributed by atoms with E-state index in [0.717, 1.165) is 27.6 Å². The van der Waals surface area contributed by atoms with E-state index in [4.69, 9.17) is 0 Å². The first-order valence-corrected chi connectivity index (χ1v) is 11.6. The number of carboxylic acid groups (broad SMARTS) is 1. The van der Waals surface area contributed by atoms with Crippen LogP contribution in [0.5, 0.6) is 0 Å². The third kappa shape index (κ3) is 3.10. The summed E-state index contributed by atoms with van der Waals surface area (Å²) in [5.41, 5.74) is 1.10. The lowest BCUT2D eigenvalue weighted by Gasteiger charge is -2.35. The highest BCUT2D eigenvalue weighted by atomic mass is 16.4. The van der Waals surface area contributed by atoms with E-state index in [1.807, 2.05) is 76.2 Å². The SMILES string of the molecule is Cc1ccccc1C1NC(Cc2c[nH]c3ccccc23)(C(=O)O)C2C(=O)N(C(C)(C)C)C(=O)C12. The second-order valence-corrected chi connectivity index (χ2v) is 10.5. The van der Waals surface area contributed by atoms with Crippen molar-refractivity contribution in [1.82, 2.24) is 15.2 Å². The van der Waals surface area contributed by atoms with Gasteiger partial charge in [0, 0.05) is 35.1 Å². The number of H-pyrrole nitrogens is 1. The van der Waals surface area contributed by atoms with Gasteiger partial charge in [-0.3, -0.25) is 24.6 Å². The van der Waals surface area contributed by atoms with Gasteiger partial charge in [-0.05, 0) is 50.5 Å². The zero-order valence-electron chi connectivity index (χ0n) is 19.8. The molecule has 5 rings (SSSR count). The standard InChI is InChI=1S/C27H29N3O4/c1-15-9-5-6-10-17(15)22-20-21(24(32)30(23(20)31)26(2,3)4)27(29-22,25(33)34)13-16-14-28-19-12-8-7-11-18(16)19/h5-12,14,20-22,28-29H,13H2,1-4H3,(H,33,34). The monoisotopic (exact) mass is 459 g/mol. The van der Waals surface area contributed by atoms with Crippen molar-refractivity contribution in [1.29, 1.82) is 0 Å². The van der Waals surface area contributed by atoms with Gasteiger partial charge in [-0.25, -0.2) is 0 Å². The number of carbonyl (C=O) groups excluding carboxylic acids is 2. The molecule has 0 bridgehead atoms. The number of imide groups is 1. The first-order chi connectivity index (χ1) is 16.1. The minimum Gasteiger partial charge on any atom is -0.480 e. The minimum absolute atomic E-state index is 0.0763. The Bertz CT molecular complexity index is 1320. The molecule has 2 aliphatic rings. The summed E-state index contributed by atoms with van der Waals surface area (Å²) in [4.78, 5) is 45.1. The number of aromatic nitrogens is 1. The maximum atomic E-state index is 13.8. The molecule has 34 heavy (non-hydrogen) atoms. The van der Waals surface area contributed by atoms with Gasteiger partial charge in [0.1, 0.15) is 5.54 Å². The first kappa shape index (κ1) is 22.3. The first-order valence-electron chi connectivity index (χ1n) is 11.6. The molecule has 4 atom stereocenters. The van der Waals surface area contributed by atoms with Crippen LogP contribution in [0.25, 0.3) is 10.9 Å². The van der Waals surface area contributed by atoms with Crippen LogP contribution in [0.3, 0.4) is 0 Å². The van der Waals surface area contributed by atoms with Crippen LogP contribution in [0.4, 0.5) is 0 Å². The Morgan fingerprint density at radius 2 is 1.74 bits per heavy atom. The van der Waals surface area contributed by atoms with Crippen molar-refractivity contribution in [2.24, 2.45) is 11.8 Å². The molecule has 2 fully saturated rings. The maximum Gasteiger partial charge on any atom is 0.325 e. The quantitative estimate of drug-likeness (QED) is 0.518. The topological polar surface area (TPSA) is 102 Å². The van der Waals surface area contributed by atoms with Crippen molar-refractivity contribution in [3.8, 4) is 0 Å². The molecule has 7 heteroatoms. The fourth-order valence-corrected chi connectivity index (χ4v) is 5.88. The smallest absolute Gasteiger partial charge is 0.325 e. The van der Waals surface area contributed by atoms with E-state index < -0.39 is 40.8 Å². The van der Waals surface area contributed by atoms with E-state index in [2.05, 4.69) is 10.3 Å². The van der Waals surface area contributed by atoms with Gasteiger partial charge in [-0.1, -0.05) is 42.5 Å². The van der Waals surface area contributed by atoms with Crippen LogP contribution in [0.2, 0.25) is 0 Å². The minimum atomic E-state index is -1.63. The highest BCUT2D eigenvalue weighted by molar-refractivity contribution is 6.10. The molecule has 3 aromatic rings. The van der Waals surface area contributed by atoms with Gasteiger partial charge in [0.15, 0.2) is 0 Å². The largest absolute Gasteiger partial charge is 0.480 e. The fraction of sp³-hybridized carbons (Fsp3) is 0.370. The Kier molecular flexibility index (Phi) is 4.95. The molecule has 0 saturated carbocycles. The Hall–Kier alpha value is -3.45. The molecule has 4 unspecified atom stereocenters. The number of nitrogens with one attached hydrogen (secondary N) is 2. The summed E-state index contributed by atoms with van der Waals surface area (Å²) in [5.74, 6) is -3.68. The van der Waals surface area contributed by atoms with Crippen LogP contribution in [-0.4, -0.2) is 43.9 Å². The lowest BCUT2D eigenvalue weighted by atomic mass is 9.76. The predicted molar refractivity (Wildman–Crippen MR) is 128 cm³/mol. The summed E-state index contributed by atoms with van der Waals surface area (Å²) >= 11 is 0. The summed E-state index contributed by atoms with van der Waals surface area (Å²) in [7, 11) is 0. The number of nitrogens with zero attached hydrogens (tertiary/aromatic N) is 1. The summed E-state index contributed by atoms with van der Waals surface area (Å²) in [6.45, 7) is 7.36. The van der Waals surface area contributed by atoms with E-state index >= 15 is 0 Å². The Labute approximate surface area is 198 Å². The van der Waals surface area contributed by atoms with E-state index in [1.165, 1.54) is 4.90 Å². The molecule has 0 spiro atoms. The number of carbonyl (C=O) groups is 3. The molecule has 3 N–H and O–H groups in total. The van der Waals surface area contributed by atoms with Gasteiger partial charge in [0.2, 0.25) is 11.8 Å². The average Bonchev–Trinajstić information content (AvgIpc) is 3.41. The number of aryl methyl sites for hydroxylation is 1. The Morgan fingerprint density at radius 3 is 2.41 bits per heavy atom. The lowest BCUT2D eigenvalue weighted by molar-refractivity contribution is -0.153. The number of hydrogen-bond donors (Lipinski definition) is 3. The van der Waals surface area contributed by atoms with E-state index in [-0.39, 0.29) is 12.3 Å². The van der Waals surface area contributed by atoms with Crippen molar-refractivity contribution < 1.29 is 19.5 Å². The van der Waals surface area contributed by atoms with Gasteiger partial charge in [-0.15, -0.1) is 0 Å². The molecule has 2 saturated heterocycles. The number of hydrogen-bond acceptors (Lipinski definition) is 4. The number of aliphatic carboxylic acids is 1. The van der Waals surface area contributed by atoms with Gasteiger partial charge >= 0.3 is 5.97 Å². The predicted octanol–water partition coefficient (Wildman–Crippen LogP) is 3.59. The summed E-state index contributed by atoms with van der Waals surface area (Å²) in [6, 6.07) is 14.7. The maximum absolute atomic E-state index is 13.8. The Balaban J connectivity index is 1.70. The van der Waals surface area contributed by atoms with Crippen LogP contribution in [0.15, 0.2) is 54.7 Å². The van der Waals surface area contributed by atoms with Crippen LogP contribution in [0, 0.1) is 18.8 Å². The van der Waals surface area contributed by atoms with Crippen LogP contribution < -0.4 is 5.32 Å². The molecule has 3 heterocycles. The molecule has 176 valence electrons. The van der Waals surface area contributed by atoms with Crippen LogP contribution in [-0.2, 0) is 20.8 Å². The van der Waals surface area contributed by atoms with Gasteiger partial charge in [0.05, 0.1) is 11.8 Å². The number of carboxylic acids is 1. The summed E-state index contributed by atoms with van der Waals surface area (Å²) in [6.07, 6.45) is 1.88. The van der Waals surface area contributed by atoms with E-state index in [9.17, 15) is 19.5 Å². The number of aromatic amines is 1. The zero-order chi connectivity index (χ0) is 24.4. The molecule has 0 radical (unpaired) electrons. The van der Waals surface area contributed by atoms with Crippen LogP contribution in [0.1, 0.15) is 43.5 Å². The van der Waals surface area contributed by atoms with Gasteiger partial charge in [-0.2, -0.15) is 0 Å². The molecule has 2 amide bonds. The zero-order valence-corrected chi connectivity index (χ0v) is 19.8. The molecule has 0 aliphatic carbocycles. The molecule has 7 nitrogen and oxygen atoms in total. The van der Waals surface area contributed by atoms with Crippen molar-refractivity contribution >= 4 is 28.7 Å². The number of amides is 2. The number of benzene rings is 2. The highest BCUT2D eigenvalue weighted by Gasteiger charge is 2.69. The number of para-hydroxylation sites is 1. The lowest BCUT2D eigenvalue weighted by Crippen LogP contribution is -2.58.